The van der Waals surface area contributed by atoms with Gasteiger partial charge in [0.15, 0.2) is 6.04 Å². The minimum absolute atomic E-state index is 0. The molecule has 2 rings (SSSR count). The number of fused-ring (bicyclic) bond motifs is 1. The zero-order chi connectivity index (χ0) is 13.4. The first-order valence-electron chi connectivity index (χ1n) is 5.45. The molecule has 7 heteroatoms. The van der Waals surface area contributed by atoms with Gasteiger partial charge in [-0.25, -0.2) is 4.79 Å². The molecule has 0 aromatic rings. The molecule has 0 aromatic heterocycles. The van der Waals surface area contributed by atoms with Crippen molar-refractivity contribution >= 4 is 38.3 Å². The summed E-state index contributed by atoms with van der Waals surface area (Å²) < 4.78 is 4.78. The van der Waals surface area contributed by atoms with Gasteiger partial charge < -0.3 is 9.64 Å². The Morgan fingerprint density at radius 3 is 2.43 bits per heavy atom. The zero-order valence-corrected chi connectivity index (χ0v) is 12.2. The molecule has 3 unspecified atom stereocenters. The Labute approximate surface area is 134 Å². The van der Waals surface area contributed by atoms with Crippen molar-refractivity contribution in [1.82, 2.24) is 9.80 Å². The average Bonchev–Trinajstić information content (AvgIpc) is 2.35. The Balaban J connectivity index is 0. The van der Waals surface area contributed by atoms with E-state index in [4.69, 9.17) is 4.74 Å². The standard InChI is InChI=1S/C11H15N2O3PS.3CH4/c1-12(2)8-9(14)13-7(11(15)16-3)6(4-17)5-18-10(8)13;;;/h4-5,7-8,10,17H,1-3H3;3*1H4. The molecular weight excluding hydrogens is 307 g/mol. The van der Waals surface area contributed by atoms with Crippen LogP contribution in [0.3, 0.4) is 0 Å². The number of carbonyl (C=O) groups is 2. The zero-order valence-electron chi connectivity index (χ0n) is 10.4. The first kappa shape index (κ1) is 22.4. The molecule has 0 aliphatic carbocycles. The molecule has 0 spiro atoms. The van der Waals surface area contributed by atoms with Crippen molar-refractivity contribution in [3.8, 4) is 0 Å². The number of thioether (sulfide) groups is 1. The van der Waals surface area contributed by atoms with Crippen LogP contribution in [0.25, 0.3) is 0 Å². The lowest BCUT2D eigenvalue weighted by atomic mass is 9.98. The van der Waals surface area contributed by atoms with E-state index >= 15 is 0 Å². The fourth-order valence-corrected chi connectivity index (χ4v) is 3.93. The molecule has 0 aromatic carbocycles. The molecule has 2 aliphatic heterocycles. The van der Waals surface area contributed by atoms with Crippen molar-refractivity contribution in [1.29, 1.82) is 0 Å². The number of hydrogen-bond acceptors (Lipinski definition) is 5. The molecule has 3 atom stereocenters. The molecule has 122 valence electrons. The van der Waals surface area contributed by atoms with Crippen LogP contribution in [0.15, 0.2) is 11.0 Å². The molecule has 2 heterocycles. The van der Waals surface area contributed by atoms with Gasteiger partial charge in [0.05, 0.1) is 7.11 Å². The van der Waals surface area contributed by atoms with E-state index in [0.29, 0.717) is 0 Å². The van der Waals surface area contributed by atoms with Gasteiger partial charge >= 0.3 is 5.97 Å². The van der Waals surface area contributed by atoms with Gasteiger partial charge in [-0.3, -0.25) is 9.69 Å². The molecular formula is C14H27N2O3PS. The number of ether oxygens (including phenoxy) is 1. The van der Waals surface area contributed by atoms with Crippen LogP contribution in [0.4, 0.5) is 0 Å². The van der Waals surface area contributed by atoms with Crippen molar-refractivity contribution in [2.45, 2.75) is 39.7 Å². The van der Waals surface area contributed by atoms with Crippen molar-refractivity contribution in [3.63, 3.8) is 0 Å². The monoisotopic (exact) mass is 334 g/mol. The third-order valence-corrected chi connectivity index (χ3v) is 4.64. The van der Waals surface area contributed by atoms with Crippen LogP contribution >= 0.6 is 20.6 Å². The van der Waals surface area contributed by atoms with E-state index in [9.17, 15) is 9.59 Å². The van der Waals surface area contributed by atoms with E-state index in [-0.39, 0.29) is 39.6 Å². The van der Waals surface area contributed by atoms with Gasteiger partial charge in [0.2, 0.25) is 5.91 Å². The summed E-state index contributed by atoms with van der Waals surface area (Å²) in [6.07, 6.45) is 0. The molecule has 21 heavy (non-hydrogen) atoms. The lowest BCUT2D eigenvalue weighted by Crippen LogP contribution is -2.72. The molecule has 1 saturated heterocycles. The van der Waals surface area contributed by atoms with Gasteiger partial charge in [0.25, 0.3) is 0 Å². The predicted octanol–water partition coefficient (Wildman–Crippen LogP) is 2.11. The summed E-state index contributed by atoms with van der Waals surface area (Å²) in [5.41, 5.74) is 0.741. The summed E-state index contributed by atoms with van der Waals surface area (Å²) in [6.45, 7) is 0. The topological polar surface area (TPSA) is 49.9 Å². The number of esters is 1. The second-order valence-corrected chi connectivity index (χ2v) is 5.65. The lowest BCUT2D eigenvalue weighted by molar-refractivity contribution is -0.164. The van der Waals surface area contributed by atoms with E-state index in [1.165, 1.54) is 7.11 Å². The molecule has 1 fully saturated rings. The first-order chi connectivity index (χ1) is 8.52. The second kappa shape index (κ2) is 8.57. The summed E-state index contributed by atoms with van der Waals surface area (Å²) >= 11 is 1.55. The minimum atomic E-state index is -0.637. The minimum Gasteiger partial charge on any atom is -0.467 e. The number of likely N-dealkylation sites (N-methyl/N-ethyl adjacent to an activating group) is 1. The van der Waals surface area contributed by atoms with Crippen LogP contribution in [-0.4, -0.2) is 66.1 Å². The van der Waals surface area contributed by atoms with Crippen molar-refractivity contribution in [3.05, 3.63) is 11.0 Å². The Bertz CT molecular complexity index is 440. The SMILES string of the molecule is C.C.C.COC(=O)C1C(C=P)=CSC2C(N(C)C)C(=O)N12. The maximum Gasteiger partial charge on any atom is 0.333 e. The Hall–Kier alpha value is -0.840. The van der Waals surface area contributed by atoms with Gasteiger partial charge in [0, 0.05) is 0 Å². The maximum absolute atomic E-state index is 12.1. The molecule has 0 bridgehead atoms. The van der Waals surface area contributed by atoms with Crippen LogP contribution in [0, 0.1) is 0 Å². The average molecular weight is 334 g/mol. The van der Waals surface area contributed by atoms with E-state index in [1.54, 1.807) is 22.5 Å². The fraction of sp³-hybridized carbons (Fsp3) is 0.643. The fourth-order valence-electron chi connectivity index (χ4n) is 2.21. The molecule has 2 aliphatic rings. The summed E-state index contributed by atoms with van der Waals surface area (Å²) in [5.74, 6) is 1.21. The summed E-state index contributed by atoms with van der Waals surface area (Å²) in [4.78, 5) is 27.4. The van der Waals surface area contributed by atoms with Crippen molar-refractivity contribution < 1.29 is 14.3 Å². The highest BCUT2D eigenvalue weighted by molar-refractivity contribution is 8.03. The smallest absolute Gasteiger partial charge is 0.333 e. The third-order valence-electron chi connectivity index (χ3n) is 3.14. The number of β-lactam (4-membered cyclic amide) rings is 1. The summed E-state index contributed by atoms with van der Waals surface area (Å²) in [6, 6.07) is -0.808. The highest BCUT2D eigenvalue weighted by Gasteiger charge is 2.55. The van der Waals surface area contributed by atoms with Crippen LogP contribution in [-0.2, 0) is 14.3 Å². The van der Waals surface area contributed by atoms with Crippen molar-refractivity contribution in [2.75, 3.05) is 21.2 Å². The largest absolute Gasteiger partial charge is 0.467 e. The van der Waals surface area contributed by atoms with Crippen LogP contribution in [0.5, 0.6) is 0 Å². The quantitative estimate of drug-likeness (QED) is 0.449. The third kappa shape index (κ3) is 3.50. The van der Waals surface area contributed by atoms with Gasteiger partial charge in [-0.05, 0) is 30.9 Å². The predicted molar refractivity (Wildman–Crippen MR) is 94.2 cm³/mol. The van der Waals surface area contributed by atoms with E-state index in [2.05, 4.69) is 8.86 Å². The summed E-state index contributed by atoms with van der Waals surface area (Å²) in [7, 11) is 8.33. The molecule has 0 radical (unpaired) electrons. The highest BCUT2D eigenvalue weighted by Crippen LogP contribution is 2.41. The van der Waals surface area contributed by atoms with Gasteiger partial charge in [-0.1, -0.05) is 22.3 Å². The van der Waals surface area contributed by atoms with Gasteiger partial charge in [0.1, 0.15) is 11.4 Å². The number of hydrogen-bond donors (Lipinski definition) is 0. The molecule has 0 saturated carbocycles. The summed E-state index contributed by atoms with van der Waals surface area (Å²) in [5, 5.41) is 1.88. The Morgan fingerprint density at radius 1 is 1.43 bits per heavy atom. The van der Waals surface area contributed by atoms with Gasteiger partial charge in [-0.15, -0.1) is 20.6 Å². The van der Waals surface area contributed by atoms with Crippen LogP contribution in [0.2, 0.25) is 0 Å². The number of nitrogens with zero attached hydrogens (tertiary/aromatic N) is 2. The van der Waals surface area contributed by atoms with Crippen LogP contribution < -0.4 is 0 Å². The first-order valence-corrected chi connectivity index (χ1v) is 6.97. The maximum atomic E-state index is 12.1. The van der Waals surface area contributed by atoms with Crippen LogP contribution in [0.1, 0.15) is 22.3 Å². The Kier molecular flexibility index (Phi) is 9.15. The molecule has 1 amide bonds. The van der Waals surface area contributed by atoms with Gasteiger partial charge in [-0.2, -0.15) is 0 Å². The highest BCUT2D eigenvalue weighted by atomic mass is 32.2. The van der Waals surface area contributed by atoms with E-state index < -0.39 is 12.0 Å². The normalized spacial score (nSPS) is 26.1. The molecule has 5 nitrogen and oxygen atoms in total. The number of rotatable bonds is 3. The molecule has 0 N–H and O–H groups in total. The number of methoxy groups -OCH3 is 1. The van der Waals surface area contributed by atoms with E-state index in [0.717, 1.165) is 5.57 Å². The second-order valence-electron chi connectivity index (χ2n) is 4.37. The van der Waals surface area contributed by atoms with E-state index in [1.807, 2.05) is 24.4 Å². The lowest BCUT2D eigenvalue weighted by Gasteiger charge is -2.53. The number of carbonyl (C=O) groups excluding carboxylic acids is 2. The number of amides is 1. The van der Waals surface area contributed by atoms with Crippen molar-refractivity contribution in [2.24, 2.45) is 0 Å². The Morgan fingerprint density at radius 2 is 2.00 bits per heavy atom.